The molecule has 0 N–H and O–H groups in total. The maximum absolute atomic E-state index is 14.2. The highest BCUT2D eigenvalue weighted by atomic mass is 16.7. The molecule has 3 aliphatic heterocycles. The summed E-state index contributed by atoms with van der Waals surface area (Å²) in [6, 6.07) is 19.7. The second kappa shape index (κ2) is 11.4. The number of fused-ring (bicyclic) bond motifs is 4. The molecule has 3 aromatic carbocycles. The van der Waals surface area contributed by atoms with Crippen molar-refractivity contribution in [2.24, 2.45) is 0 Å². The highest BCUT2D eigenvalue weighted by Crippen LogP contribution is 2.70. The van der Waals surface area contributed by atoms with Crippen LogP contribution < -0.4 is 18.9 Å². The maximum atomic E-state index is 14.2. The van der Waals surface area contributed by atoms with Gasteiger partial charge in [0.15, 0.2) is 17.3 Å². The van der Waals surface area contributed by atoms with Crippen LogP contribution in [-0.2, 0) is 34.1 Å². The van der Waals surface area contributed by atoms with E-state index in [9.17, 15) is 4.79 Å². The molecule has 0 saturated carbocycles. The summed E-state index contributed by atoms with van der Waals surface area (Å²) >= 11 is 0. The number of Topliss-reactive ketones (excluding diaryl/α,β-unsaturated/α-hetero) is 1. The topological polar surface area (TPSA) is 100 Å². The zero-order valence-corrected chi connectivity index (χ0v) is 26.6. The van der Waals surface area contributed by atoms with E-state index in [1.807, 2.05) is 66.7 Å². The summed E-state index contributed by atoms with van der Waals surface area (Å²) in [5.41, 5.74) is 1.35. The summed E-state index contributed by atoms with van der Waals surface area (Å²) in [7, 11) is 9.08. The summed E-state index contributed by atoms with van der Waals surface area (Å²) in [6.45, 7) is 0. The zero-order valence-electron chi connectivity index (χ0n) is 26.6. The van der Waals surface area contributed by atoms with E-state index >= 15 is 0 Å². The number of ether oxygens (including phenoxy) is 9. The quantitative estimate of drug-likeness (QED) is 0.294. The normalized spacial score (nSPS) is 27.7. The first-order valence-corrected chi connectivity index (χ1v) is 15.1. The van der Waals surface area contributed by atoms with Crippen LogP contribution in [0, 0.1) is 0 Å². The largest absolute Gasteiger partial charge is 0.494 e. The lowest BCUT2D eigenvalue weighted by Gasteiger charge is -2.49. The summed E-state index contributed by atoms with van der Waals surface area (Å²) < 4.78 is 57.3. The SMILES string of the molecule is COC1=C(OC)[C@@]2(OC)c3c(OC)c(OC)c4c(c3O[C@@]23O[C@@H](c2ccccc2)CC=C3C1=O)[C@@H](OC)C[C@H](c1ccccc1)O4. The van der Waals surface area contributed by atoms with Crippen molar-refractivity contribution in [3.05, 3.63) is 106 Å². The van der Waals surface area contributed by atoms with Crippen LogP contribution in [0.1, 0.15) is 53.4 Å². The first kappa shape index (κ1) is 30.2. The Morgan fingerprint density at radius 2 is 1.41 bits per heavy atom. The van der Waals surface area contributed by atoms with Crippen molar-refractivity contribution >= 4 is 5.78 Å². The summed E-state index contributed by atoms with van der Waals surface area (Å²) in [5.74, 6) is -0.955. The lowest BCUT2D eigenvalue weighted by atomic mass is 9.72. The predicted molar refractivity (Wildman–Crippen MR) is 165 cm³/mol. The number of rotatable bonds is 8. The average Bonchev–Trinajstić information content (AvgIpc) is 3.40. The highest BCUT2D eigenvalue weighted by Gasteiger charge is 2.76. The summed E-state index contributed by atoms with van der Waals surface area (Å²) in [6.07, 6.45) is 1.35. The van der Waals surface area contributed by atoms with Gasteiger partial charge in [0.2, 0.25) is 22.9 Å². The van der Waals surface area contributed by atoms with Gasteiger partial charge >= 0.3 is 0 Å². The van der Waals surface area contributed by atoms with E-state index < -0.39 is 29.4 Å². The number of benzene rings is 3. The van der Waals surface area contributed by atoms with Gasteiger partial charge in [0.05, 0.1) is 57.3 Å². The lowest BCUT2D eigenvalue weighted by Crippen LogP contribution is -2.63. The number of ketones is 1. The minimum atomic E-state index is -1.85. The molecular weight excluding hydrogens is 592 g/mol. The van der Waals surface area contributed by atoms with Crippen LogP contribution in [-0.4, -0.2) is 54.2 Å². The standard InChI is InChI=1S/C36H36O10/c1-38-25-19-24(21-15-11-8-12-16-21)44-30-26(25)29-27(31(39-2)33(30)41-4)35(43-6)34(42-5)32(40-3)28(37)22-17-18-23(45-36(22,35)46-29)20-13-9-7-10-14-20/h7-17,23-25H,18-19H2,1-6H3/t23-,24-,25+,35+,36-/m1/s1. The molecular formula is C36H36O10. The van der Waals surface area contributed by atoms with Crippen LogP contribution in [0.3, 0.4) is 0 Å². The van der Waals surface area contributed by atoms with E-state index in [2.05, 4.69) is 0 Å². The molecule has 10 nitrogen and oxygen atoms in total. The number of carbonyl (C=O) groups is 1. The number of methoxy groups -OCH3 is 6. The first-order chi connectivity index (χ1) is 22.4. The molecule has 3 heterocycles. The zero-order chi connectivity index (χ0) is 32.2. The van der Waals surface area contributed by atoms with Crippen molar-refractivity contribution in [2.45, 2.75) is 42.5 Å². The molecule has 46 heavy (non-hydrogen) atoms. The molecule has 10 heteroatoms. The molecule has 4 aliphatic rings. The van der Waals surface area contributed by atoms with Crippen LogP contribution >= 0.6 is 0 Å². The Morgan fingerprint density at radius 1 is 0.761 bits per heavy atom. The Labute approximate surface area is 267 Å². The number of hydrogen-bond donors (Lipinski definition) is 0. The molecule has 0 unspecified atom stereocenters. The second-order valence-corrected chi connectivity index (χ2v) is 11.4. The van der Waals surface area contributed by atoms with Crippen LogP contribution in [0.4, 0.5) is 0 Å². The van der Waals surface area contributed by atoms with Gasteiger partial charge in [-0.2, -0.15) is 0 Å². The van der Waals surface area contributed by atoms with Crippen LogP contribution in [0.5, 0.6) is 23.0 Å². The molecule has 0 amide bonds. The second-order valence-electron chi connectivity index (χ2n) is 11.4. The third-order valence-corrected chi connectivity index (χ3v) is 9.35. The van der Waals surface area contributed by atoms with Crippen molar-refractivity contribution in [1.29, 1.82) is 0 Å². The summed E-state index contributed by atoms with van der Waals surface area (Å²) in [4.78, 5) is 14.2. The van der Waals surface area contributed by atoms with Gasteiger partial charge in [-0.1, -0.05) is 66.7 Å². The van der Waals surface area contributed by atoms with Crippen LogP contribution in [0.15, 0.2) is 83.8 Å². The maximum Gasteiger partial charge on any atom is 0.283 e. The fourth-order valence-corrected chi connectivity index (χ4v) is 7.40. The molecule has 1 aliphatic carbocycles. The van der Waals surface area contributed by atoms with E-state index in [0.717, 1.165) is 11.1 Å². The van der Waals surface area contributed by atoms with E-state index in [1.54, 1.807) is 14.2 Å². The molecule has 0 fully saturated rings. The molecule has 0 radical (unpaired) electrons. The van der Waals surface area contributed by atoms with Gasteiger partial charge in [0.1, 0.15) is 11.9 Å². The van der Waals surface area contributed by atoms with Crippen LogP contribution in [0.2, 0.25) is 0 Å². The van der Waals surface area contributed by atoms with Crippen molar-refractivity contribution in [2.75, 3.05) is 42.7 Å². The van der Waals surface area contributed by atoms with Gasteiger partial charge in [-0.15, -0.1) is 0 Å². The molecule has 0 saturated heterocycles. The molecule has 5 atom stereocenters. The Kier molecular flexibility index (Phi) is 7.46. The van der Waals surface area contributed by atoms with E-state index in [1.165, 1.54) is 28.4 Å². The Bertz CT molecular complexity index is 1730. The van der Waals surface area contributed by atoms with Gasteiger partial charge < -0.3 is 42.6 Å². The number of carbonyl (C=O) groups excluding carboxylic acids is 1. The summed E-state index contributed by atoms with van der Waals surface area (Å²) in [5, 5.41) is 0. The Balaban J connectivity index is 1.55. The van der Waals surface area contributed by atoms with Crippen LogP contribution in [0.25, 0.3) is 0 Å². The van der Waals surface area contributed by atoms with Crippen molar-refractivity contribution in [1.82, 2.24) is 0 Å². The van der Waals surface area contributed by atoms with Crippen molar-refractivity contribution in [3.63, 3.8) is 0 Å². The van der Waals surface area contributed by atoms with Crippen molar-refractivity contribution < 1.29 is 47.4 Å². The Morgan fingerprint density at radius 3 is 1.98 bits per heavy atom. The number of allylic oxidation sites excluding steroid dienone is 1. The smallest absolute Gasteiger partial charge is 0.283 e. The minimum absolute atomic E-state index is 0.0353. The van der Waals surface area contributed by atoms with Crippen molar-refractivity contribution in [3.8, 4) is 23.0 Å². The van der Waals surface area contributed by atoms with Gasteiger partial charge in [-0.25, -0.2) is 0 Å². The van der Waals surface area contributed by atoms with Gasteiger partial charge in [0.25, 0.3) is 5.79 Å². The average molecular weight is 629 g/mol. The molecule has 0 aromatic heterocycles. The molecule has 240 valence electrons. The van der Waals surface area contributed by atoms with Gasteiger partial charge in [-0.05, 0) is 17.5 Å². The van der Waals surface area contributed by atoms with E-state index in [0.29, 0.717) is 41.2 Å². The molecule has 0 bridgehead atoms. The lowest BCUT2D eigenvalue weighted by molar-refractivity contribution is -0.281. The fraction of sp³-hybridized carbons (Fsp3) is 0.361. The minimum Gasteiger partial charge on any atom is -0.494 e. The fourth-order valence-electron chi connectivity index (χ4n) is 7.40. The Hall–Kier alpha value is -4.51. The molecule has 7 rings (SSSR count). The van der Waals surface area contributed by atoms with Gasteiger partial charge in [-0.3, -0.25) is 4.79 Å². The monoisotopic (exact) mass is 628 g/mol. The molecule has 3 aromatic rings. The van der Waals surface area contributed by atoms with E-state index in [-0.39, 0.29) is 28.9 Å². The highest BCUT2D eigenvalue weighted by molar-refractivity contribution is 6.11. The van der Waals surface area contributed by atoms with E-state index in [4.69, 9.17) is 42.6 Å². The third-order valence-electron chi connectivity index (χ3n) is 9.35. The third kappa shape index (κ3) is 3.90. The predicted octanol–water partition coefficient (Wildman–Crippen LogP) is 6.02. The molecule has 1 spiro atoms. The van der Waals surface area contributed by atoms with Gasteiger partial charge in [0, 0.05) is 20.6 Å². The first-order valence-electron chi connectivity index (χ1n) is 15.1. The number of hydrogen-bond acceptors (Lipinski definition) is 10.